The molecule has 1 fully saturated rings. The maximum Gasteiger partial charge on any atom is 0.308 e. The average molecular weight is 349 g/mol. The van der Waals surface area contributed by atoms with E-state index in [1.807, 2.05) is 32.9 Å². The molecular formula is C18H23NO4S. The van der Waals surface area contributed by atoms with E-state index >= 15 is 0 Å². The van der Waals surface area contributed by atoms with Crippen LogP contribution >= 0.6 is 11.8 Å². The van der Waals surface area contributed by atoms with Gasteiger partial charge in [0.25, 0.3) is 0 Å². The summed E-state index contributed by atoms with van der Waals surface area (Å²) in [6, 6.07) is 6.12. The first kappa shape index (κ1) is 17.1. The molecule has 2 aliphatic rings. The van der Waals surface area contributed by atoms with Gasteiger partial charge in [0.15, 0.2) is 0 Å². The minimum absolute atomic E-state index is 0.0363. The van der Waals surface area contributed by atoms with Crippen molar-refractivity contribution in [3.8, 4) is 5.75 Å². The van der Waals surface area contributed by atoms with E-state index in [0.29, 0.717) is 12.3 Å². The molecule has 1 aromatic carbocycles. The van der Waals surface area contributed by atoms with Gasteiger partial charge in [0.05, 0.1) is 18.8 Å². The molecular weight excluding hydrogens is 326 g/mol. The quantitative estimate of drug-likeness (QED) is 0.782. The minimum atomic E-state index is -0.500. The molecule has 0 saturated carbocycles. The summed E-state index contributed by atoms with van der Waals surface area (Å²) in [7, 11) is 0. The normalized spacial score (nSPS) is 20.0. The molecule has 1 aromatic rings. The predicted molar refractivity (Wildman–Crippen MR) is 93.0 cm³/mol. The van der Waals surface area contributed by atoms with E-state index in [4.69, 9.17) is 9.47 Å². The Bertz CT molecular complexity index is 653. The molecule has 0 bridgehead atoms. The SMILES string of the molecule is CC(C)(C)OC(=O)CCN1C(=O)CSC1c1ccc2c(c1)CCO2. The Morgan fingerprint density at radius 2 is 2.21 bits per heavy atom. The van der Waals surface area contributed by atoms with E-state index in [-0.39, 0.29) is 23.7 Å². The van der Waals surface area contributed by atoms with E-state index in [0.717, 1.165) is 24.3 Å². The van der Waals surface area contributed by atoms with Crippen LogP contribution in [0.3, 0.4) is 0 Å². The van der Waals surface area contributed by atoms with E-state index in [1.165, 1.54) is 5.56 Å². The summed E-state index contributed by atoms with van der Waals surface area (Å²) in [6.07, 6.45) is 1.13. The maximum absolute atomic E-state index is 12.2. The van der Waals surface area contributed by atoms with Crippen molar-refractivity contribution in [3.63, 3.8) is 0 Å². The number of fused-ring (bicyclic) bond motifs is 1. The number of benzene rings is 1. The second-order valence-electron chi connectivity index (χ2n) is 7.05. The third-order valence-electron chi connectivity index (χ3n) is 3.94. The van der Waals surface area contributed by atoms with Crippen molar-refractivity contribution in [1.29, 1.82) is 0 Å². The van der Waals surface area contributed by atoms with E-state index in [1.54, 1.807) is 16.7 Å². The van der Waals surface area contributed by atoms with Crippen LogP contribution in [0.15, 0.2) is 18.2 Å². The number of ether oxygens (including phenoxy) is 2. The van der Waals surface area contributed by atoms with Crippen molar-refractivity contribution in [2.75, 3.05) is 18.9 Å². The van der Waals surface area contributed by atoms with Crippen LogP contribution in [-0.4, -0.2) is 41.3 Å². The first-order valence-corrected chi connectivity index (χ1v) is 9.27. The van der Waals surface area contributed by atoms with E-state index in [2.05, 4.69) is 6.07 Å². The highest BCUT2D eigenvalue weighted by atomic mass is 32.2. The summed E-state index contributed by atoms with van der Waals surface area (Å²) in [5.74, 6) is 1.19. The molecule has 3 rings (SSSR count). The Hall–Kier alpha value is -1.69. The molecule has 1 saturated heterocycles. The van der Waals surface area contributed by atoms with Crippen molar-refractivity contribution in [2.24, 2.45) is 0 Å². The molecule has 0 aliphatic carbocycles. The summed E-state index contributed by atoms with van der Waals surface area (Å²) in [5.41, 5.74) is 1.79. The Morgan fingerprint density at radius 1 is 1.42 bits per heavy atom. The molecule has 0 spiro atoms. The van der Waals surface area contributed by atoms with E-state index in [9.17, 15) is 9.59 Å². The van der Waals surface area contributed by atoms with Gasteiger partial charge in [-0.3, -0.25) is 9.59 Å². The fourth-order valence-electron chi connectivity index (χ4n) is 2.94. The van der Waals surface area contributed by atoms with Crippen LogP contribution in [0.1, 0.15) is 43.7 Å². The monoisotopic (exact) mass is 349 g/mol. The van der Waals surface area contributed by atoms with Gasteiger partial charge in [0.2, 0.25) is 5.91 Å². The number of amides is 1. The Kier molecular flexibility index (Phi) is 4.76. The molecule has 1 atom stereocenters. The number of hydrogen-bond donors (Lipinski definition) is 0. The number of nitrogens with zero attached hydrogens (tertiary/aromatic N) is 1. The maximum atomic E-state index is 12.2. The summed E-state index contributed by atoms with van der Waals surface area (Å²) >= 11 is 1.61. The topological polar surface area (TPSA) is 55.8 Å². The molecule has 0 N–H and O–H groups in total. The number of esters is 1. The molecule has 2 heterocycles. The highest BCUT2D eigenvalue weighted by Crippen LogP contribution is 2.40. The third-order valence-corrected chi connectivity index (χ3v) is 5.20. The standard InChI is InChI=1S/C18H23NO4S/c1-18(2,3)23-16(21)6-8-19-15(20)11-24-17(19)13-4-5-14-12(10-13)7-9-22-14/h4-5,10,17H,6-9,11H2,1-3H3. The number of carbonyl (C=O) groups excluding carboxylic acids is 2. The van der Waals surface area contributed by atoms with Crippen molar-refractivity contribution >= 4 is 23.6 Å². The number of hydrogen-bond acceptors (Lipinski definition) is 5. The smallest absolute Gasteiger partial charge is 0.308 e. The Morgan fingerprint density at radius 3 is 2.96 bits per heavy atom. The fourth-order valence-corrected chi connectivity index (χ4v) is 4.14. The van der Waals surface area contributed by atoms with E-state index < -0.39 is 5.60 Å². The molecule has 5 nitrogen and oxygen atoms in total. The summed E-state index contributed by atoms with van der Waals surface area (Å²) < 4.78 is 10.9. The van der Waals surface area contributed by atoms with Gasteiger partial charge >= 0.3 is 5.97 Å². The first-order chi connectivity index (χ1) is 11.3. The Labute approximate surface area is 146 Å². The van der Waals surface area contributed by atoms with Gasteiger partial charge in [-0.1, -0.05) is 6.07 Å². The lowest BCUT2D eigenvalue weighted by atomic mass is 10.1. The van der Waals surface area contributed by atoms with Gasteiger partial charge in [-0.25, -0.2) is 0 Å². The molecule has 0 radical (unpaired) electrons. The zero-order valence-corrected chi connectivity index (χ0v) is 15.1. The molecule has 1 amide bonds. The lowest BCUT2D eigenvalue weighted by molar-refractivity contribution is -0.155. The molecule has 0 aromatic heterocycles. The largest absolute Gasteiger partial charge is 0.493 e. The van der Waals surface area contributed by atoms with Crippen molar-refractivity contribution < 1.29 is 19.1 Å². The summed E-state index contributed by atoms with van der Waals surface area (Å²) in [6.45, 7) is 6.64. The summed E-state index contributed by atoms with van der Waals surface area (Å²) in [4.78, 5) is 25.9. The van der Waals surface area contributed by atoms with Gasteiger partial charge in [-0.2, -0.15) is 0 Å². The van der Waals surface area contributed by atoms with Crippen LogP contribution < -0.4 is 4.74 Å². The number of thioether (sulfide) groups is 1. The van der Waals surface area contributed by atoms with Crippen LogP contribution in [0.2, 0.25) is 0 Å². The molecule has 24 heavy (non-hydrogen) atoms. The predicted octanol–water partition coefficient (Wildman–Crippen LogP) is 2.93. The van der Waals surface area contributed by atoms with Crippen LogP contribution in [0.5, 0.6) is 5.75 Å². The number of carbonyl (C=O) groups is 2. The van der Waals surface area contributed by atoms with Gasteiger partial charge in [0.1, 0.15) is 16.7 Å². The van der Waals surface area contributed by atoms with Crippen LogP contribution in [0.25, 0.3) is 0 Å². The van der Waals surface area contributed by atoms with Crippen molar-refractivity contribution in [1.82, 2.24) is 4.90 Å². The van der Waals surface area contributed by atoms with Crippen LogP contribution in [-0.2, 0) is 20.7 Å². The zero-order valence-electron chi connectivity index (χ0n) is 14.3. The second kappa shape index (κ2) is 6.67. The minimum Gasteiger partial charge on any atom is -0.493 e. The van der Waals surface area contributed by atoms with Crippen molar-refractivity contribution in [3.05, 3.63) is 29.3 Å². The first-order valence-electron chi connectivity index (χ1n) is 8.22. The van der Waals surface area contributed by atoms with Crippen LogP contribution in [0.4, 0.5) is 0 Å². The highest BCUT2D eigenvalue weighted by Gasteiger charge is 2.34. The highest BCUT2D eigenvalue weighted by molar-refractivity contribution is 8.00. The molecule has 6 heteroatoms. The fraction of sp³-hybridized carbons (Fsp3) is 0.556. The Balaban J connectivity index is 1.67. The zero-order chi connectivity index (χ0) is 17.3. The lowest BCUT2D eigenvalue weighted by Crippen LogP contribution is -2.32. The molecule has 130 valence electrons. The molecule has 2 aliphatic heterocycles. The van der Waals surface area contributed by atoms with Gasteiger partial charge in [-0.15, -0.1) is 11.8 Å². The summed E-state index contributed by atoms with van der Waals surface area (Å²) in [5, 5.41) is -0.0363. The van der Waals surface area contributed by atoms with Gasteiger partial charge in [-0.05, 0) is 44.0 Å². The average Bonchev–Trinajstić information content (AvgIpc) is 3.09. The van der Waals surface area contributed by atoms with Crippen molar-refractivity contribution in [2.45, 2.75) is 44.6 Å². The number of rotatable bonds is 4. The van der Waals surface area contributed by atoms with Gasteiger partial charge in [0, 0.05) is 13.0 Å². The van der Waals surface area contributed by atoms with Crippen LogP contribution in [0, 0.1) is 0 Å². The lowest BCUT2D eigenvalue weighted by Gasteiger charge is -2.25. The second-order valence-corrected chi connectivity index (χ2v) is 8.12. The van der Waals surface area contributed by atoms with Gasteiger partial charge < -0.3 is 14.4 Å². The molecule has 1 unspecified atom stereocenters. The third kappa shape index (κ3) is 3.86.